The van der Waals surface area contributed by atoms with E-state index in [9.17, 15) is 0 Å². The van der Waals surface area contributed by atoms with Gasteiger partial charge in [0.25, 0.3) is 0 Å². The average molecular weight is 331 g/mol. The molecule has 1 aliphatic rings. The van der Waals surface area contributed by atoms with Crippen LogP contribution in [0.3, 0.4) is 0 Å². The summed E-state index contributed by atoms with van der Waals surface area (Å²) in [7, 11) is 0. The van der Waals surface area contributed by atoms with E-state index in [1.165, 1.54) is 25.7 Å². The lowest BCUT2D eigenvalue weighted by atomic mass is 10.1. The molecule has 1 unspecified atom stereocenters. The van der Waals surface area contributed by atoms with Gasteiger partial charge in [0, 0.05) is 28.3 Å². The number of hydrogen-bond donors (Lipinski definition) is 1. The fourth-order valence-electron chi connectivity index (χ4n) is 2.69. The van der Waals surface area contributed by atoms with Gasteiger partial charge in [-0.05, 0) is 49.7 Å². The molecule has 0 aromatic heterocycles. The summed E-state index contributed by atoms with van der Waals surface area (Å²) >= 11 is 17.6. The third kappa shape index (κ3) is 4.24. The van der Waals surface area contributed by atoms with Crippen LogP contribution < -0.4 is 5.32 Å². The van der Waals surface area contributed by atoms with Crippen LogP contribution in [0.5, 0.6) is 0 Å². The van der Waals surface area contributed by atoms with Crippen LogP contribution in [0.4, 0.5) is 5.69 Å². The summed E-state index contributed by atoms with van der Waals surface area (Å²) in [6.45, 7) is 3.25. The van der Waals surface area contributed by atoms with Crippen LogP contribution in [0.15, 0.2) is 18.2 Å². The van der Waals surface area contributed by atoms with Crippen LogP contribution in [0.25, 0.3) is 0 Å². The molecule has 1 atom stereocenters. The minimum Gasteiger partial charge on any atom is -0.346 e. The minimum atomic E-state index is 0.534. The second-order valence-corrected chi connectivity index (χ2v) is 6.45. The highest BCUT2D eigenvalue weighted by molar-refractivity contribution is 7.80. The third-order valence-electron chi connectivity index (χ3n) is 3.72. The van der Waals surface area contributed by atoms with Gasteiger partial charge in [0.1, 0.15) is 0 Å². The Labute approximate surface area is 136 Å². The highest BCUT2D eigenvalue weighted by Crippen LogP contribution is 2.24. The molecule has 1 fully saturated rings. The summed E-state index contributed by atoms with van der Waals surface area (Å²) in [6, 6.07) is 5.95. The smallest absolute Gasteiger partial charge is 0.173 e. The molecule has 5 heteroatoms. The summed E-state index contributed by atoms with van der Waals surface area (Å²) in [5, 5.41) is 5.28. The van der Waals surface area contributed by atoms with Crippen molar-refractivity contribution in [3.63, 3.8) is 0 Å². The van der Waals surface area contributed by atoms with E-state index in [2.05, 4.69) is 17.1 Å². The number of thiocarbonyl (C=S) groups is 1. The van der Waals surface area contributed by atoms with Gasteiger partial charge in [-0.2, -0.15) is 0 Å². The first-order valence-electron chi connectivity index (χ1n) is 7.14. The summed E-state index contributed by atoms with van der Waals surface area (Å²) < 4.78 is 0. The van der Waals surface area contributed by atoms with Gasteiger partial charge in [-0.25, -0.2) is 0 Å². The molecule has 2 nitrogen and oxygen atoms in total. The first kappa shape index (κ1) is 15.9. The van der Waals surface area contributed by atoms with Gasteiger partial charge < -0.3 is 10.2 Å². The van der Waals surface area contributed by atoms with Gasteiger partial charge in [0.15, 0.2) is 5.11 Å². The SMILES string of the molecule is CCC1CCCCCN1C(=S)Nc1cc(Cl)cc(Cl)c1. The number of halogens is 2. The van der Waals surface area contributed by atoms with E-state index < -0.39 is 0 Å². The van der Waals surface area contributed by atoms with Crippen LogP contribution in [-0.2, 0) is 0 Å². The van der Waals surface area contributed by atoms with Gasteiger partial charge in [-0.3, -0.25) is 0 Å². The zero-order valence-electron chi connectivity index (χ0n) is 11.7. The van der Waals surface area contributed by atoms with Gasteiger partial charge in [0.2, 0.25) is 0 Å². The molecule has 110 valence electrons. The fraction of sp³-hybridized carbons (Fsp3) is 0.533. The molecule has 20 heavy (non-hydrogen) atoms. The summed E-state index contributed by atoms with van der Waals surface area (Å²) in [4.78, 5) is 2.32. The highest BCUT2D eigenvalue weighted by Gasteiger charge is 2.21. The minimum absolute atomic E-state index is 0.534. The van der Waals surface area contributed by atoms with Gasteiger partial charge >= 0.3 is 0 Å². The number of nitrogens with one attached hydrogen (secondary N) is 1. The second kappa shape index (κ2) is 7.48. The Morgan fingerprint density at radius 3 is 2.60 bits per heavy atom. The molecule has 1 heterocycles. The maximum Gasteiger partial charge on any atom is 0.173 e. The lowest BCUT2D eigenvalue weighted by Gasteiger charge is -2.32. The molecule has 0 aliphatic carbocycles. The zero-order valence-corrected chi connectivity index (χ0v) is 14.0. The molecule has 2 rings (SSSR count). The van der Waals surface area contributed by atoms with Crippen molar-refractivity contribution in [3.8, 4) is 0 Å². The predicted molar refractivity (Wildman–Crippen MR) is 91.9 cm³/mol. The third-order valence-corrected chi connectivity index (χ3v) is 4.50. The van der Waals surface area contributed by atoms with Crippen LogP contribution in [0.1, 0.15) is 39.0 Å². The maximum absolute atomic E-state index is 6.02. The number of rotatable bonds is 2. The van der Waals surface area contributed by atoms with E-state index in [-0.39, 0.29) is 0 Å². The first-order chi connectivity index (χ1) is 9.60. The van der Waals surface area contributed by atoms with Gasteiger partial charge in [-0.1, -0.05) is 43.0 Å². The summed E-state index contributed by atoms with van der Waals surface area (Å²) in [5.74, 6) is 0. The predicted octanol–water partition coefficient (Wildman–Crippen LogP) is 5.34. The van der Waals surface area contributed by atoms with E-state index >= 15 is 0 Å². The maximum atomic E-state index is 6.02. The number of anilines is 1. The number of likely N-dealkylation sites (tertiary alicyclic amines) is 1. The molecule has 1 N–H and O–H groups in total. The van der Waals surface area contributed by atoms with Crippen molar-refractivity contribution in [1.82, 2.24) is 4.90 Å². The van der Waals surface area contributed by atoms with Gasteiger partial charge in [0.05, 0.1) is 0 Å². The number of benzene rings is 1. The van der Waals surface area contributed by atoms with E-state index in [0.29, 0.717) is 16.1 Å². The molecule has 0 amide bonds. The largest absolute Gasteiger partial charge is 0.346 e. The average Bonchev–Trinajstić information content (AvgIpc) is 2.62. The van der Waals surface area contributed by atoms with Crippen molar-refractivity contribution >= 4 is 46.2 Å². The second-order valence-electron chi connectivity index (χ2n) is 5.19. The Bertz CT molecular complexity index is 459. The van der Waals surface area contributed by atoms with Crippen molar-refractivity contribution in [1.29, 1.82) is 0 Å². The monoisotopic (exact) mass is 330 g/mol. The van der Waals surface area contributed by atoms with Crippen LogP contribution in [-0.4, -0.2) is 22.6 Å². The summed E-state index contributed by atoms with van der Waals surface area (Å²) in [5.41, 5.74) is 0.853. The molecular formula is C15H20Cl2N2S. The lowest BCUT2D eigenvalue weighted by molar-refractivity contribution is 0.311. The Balaban J connectivity index is 2.09. The molecule has 0 spiro atoms. The Hall–Kier alpha value is -0.510. The van der Waals surface area contributed by atoms with Crippen molar-refractivity contribution in [3.05, 3.63) is 28.2 Å². The van der Waals surface area contributed by atoms with Crippen molar-refractivity contribution in [2.24, 2.45) is 0 Å². The quantitative estimate of drug-likeness (QED) is 0.736. The normalized spacial score (nSPS) is 19.6. The van der Waals surface area contributed by atoms with Crippen LogP contribution >= 0.6 is 35.4 Å². The Morgan fingerprint density at radius 1 is 1.25 bits per heavy atom. The van der Waals surface area contributed by atoms with Crippen molar-refractivity contribution in [2.75, 3.05) is 11.9 Å². The Morgan fingerprint density at radius 2 is 1.95 bits per heavy atom. The van der Waals surface area contributed by atoms with Crippen LogP contribution in [0.2, 0.25) is 10.0 Å². The molecule has 1 aliphatic heterocycles. The van der Waals surface area contributed by atoms with Crippen molar-refractivity contribution in [2.45, 2.75) is 45.1 Å². The first-order valence-corrected chi connectivity index (χ1v) is 8.30. The fourth-order valence-corrected chi connectivity index (χ4v) is 3.57. The Kier molecular flexibility index (Phi) is 5.94. The van der Waals surface area contributed by atoms with E-state index in [0.717, 1.165) is 23.8 Å². The van der Waals surface area contributed by atoms with E-state index in [4.69, 9.17) is 35.4 Å². The molecule has 0 saturated carbocycles. The van der Waals surface area contributed by atoms with Gasteiger partial charge in [-0.15, -0.1) is 0 Å². The van der Waals surface area contributed by atoms with E-state index in [1.54, 1.807) is 6.07 Å². The van der Waals surface area contributed by atoms with E-state index in [1.807, 2.05) is 12.1 Å². The molecule has 1 aromatic carbocycles. The molecular weight excluding hydrogens is 311 g/mol. The number of nitrogens with zero attached hydrogens (tertiary/aromatic N) is 1. The molecule has 0 radical (unpaired) electrons. The number of hydrogen-bond acceptors (Lipinski definition) is 1. The molecule has 1 saturated heterocycles. The zero-order chi connectivity index (χ0) is 14.5. The van der Waals surface area contributed by atoms with Crippen LogP contribution in [0, 0.1) is 0 Å². The summed E-state index contributed by atoms with van der Waals surface area (Å²) in [6.07, 6.45) is 6.13. The highest BCUT2D eigenvalue weighted by atomic mass is 35.5. The topological polar surface area (TPSA) is 15.3 Å². The molecule has 0 bridgehead atoms. The van der Waals surface area contributed by atoms with Crippen molar-refractivity contribution < 1.29 is 0 Å². The standard InChI is InChI=1S/C15H20Cl2N2S/c1-2-14-6-4-3-5-7-19(14)15(20)18-13-9-11(16)8-12(17)10-13/h8-10,14H,2-7H2,1H3,(H,18,20). The lowest BCUT2D eigenvalue weighted by Crippen LogP contribution is -2.42. The molecule has 1 aromatic rings.